The molecule has 0 spiro atoms. The van der Waals surface area contributed by atoms with Gasteiger partial charge in [-0.3, -0.25) is 0 Å². The Bertz CT molecular complexity index is 347. The van der Waals surface area contributed by atoms with Crippen LogP contribution in [0.3, 0.4) is 0 Å². The zero-order valence-corrected chi connectivity index (χ0v) is 10.5. The molecule has 1 aliphatic rings. The molecule has 1 N–H and O–H groups in total. The van der Waals surface area contributed by atoms with Crippen LogP contribution in [0.1, 0.15) is 18.4 Å². The van der Waals surface area contributed by atoms with Crippen LogP contribution in [0.25, 0.3) is 0 Å². The fourth-order valence-corrected chi connectivity index (χ4v) is 2.75. The standard InChI is InChI=1S/C11H13BrOS/c1-14-10-5-8(4-9(12)6-10)7-11(13)2-3-11/h4-6,13H,2-3,7H2,1H3. The van der Waals surface area contributed by atoms with E-state index >= 15 is 0 Å². The van der Waals surface area contributed by atoms with E-state index in [1.165, 1.54) is 10.5 Å². The van der Waals surface area contributed by atoms with Crippen LogP contribution in [0.15, 0.2) is 27.6 Å². The Kier molecular flexibility index (Phi) is 2.91. The second-order valence-electron chi connectivity index (χ2n) is 3.90. The molecule has 1 aromatic rings. The minimum absolute atomic E-state index is 0.392. The first-order chi connectivity index (χ1) is 6.61. The maximum atomic E-state index is 9.81. The van der Waals surface area contributed by atoms with Crippen molar-refractivity contribution >= 4 is 27.7 Å². The van der Waals surface area contributed by atoms with Crippen molar-refractivity contribution in [1.82, 2.24) is 0 Å². The van der Waals surface area contributed by atoms with E-state index in [1.807, 2.05) is 0 Å². The van der Waals surface area contributed by atoms with Gasteiger partial charge in [0.25, 0.3) is 0 Å². The van der Waals surface area contributed by atoms with Crippen molar-refractivity contribution in [3.05, 3.63) is 28.2 Å². The number of hydrogen-bond donors (Lipinski definition) is 1. The van der Waals surface area contributed by atoms with E-state index in [-0.39, 0.29) is 0 Å². The molecule has 0 aromatic heterocycles. The lowest BCUT2D eigenvalue weighted by molar-refractivity contribution is 0.151. The topological polar surface area (TPSA) is 20.2 Å². The van der Waals surface area contributed by atoms with Crippen molar-refractivity contribution in [1.29, 1.82) is 0 Å². The molecule has 0 bridgehead atoms. The molecule has 0 aliphatic heterocycles. The zero-order valence-electron chi connectivity index (χ0n) is 8.09. The molecule has 0 saturated heterocycles. The highest BCUT2D eigenvalue weighted by atomic mass is 79.9. The summed E-state index contributed by atoms with van der Waals surface area (Å²) < 4.78 is 1.10. The van der Waals surface area contributed by atoms with Gasteiger partial charge in [0.15, 0.2) is 0 Å². The molecule has 3 heteroatoms. The Morgan fingerprint density at radius 1 is 1.43 bits per heavy atom. The highest BCUT2D eigenvalue weighted by Crippen LogP contribution is 2.39. The zero-order chi connectivity index (χ0) is 10.2. The van der Waals surface area contributed by atoms with Gasteiger partial charge in [-0.1, -0.05) is 15.9 Å². The largest absolute Gasteiger partial charge is 0.390 e. The van der Waals surface area contributed by atoms with Crippen LogP contribution in [0.4, 0.5) is 0 Å². The molecule has 0 heterocycles. The summed E-state index contributed by atoms with van der Waals surface area (Å²) in [4.78, 5) is 1.25. The number of benzene rings is 1. The summed E-state index contributed by atoms with van der Waals surface area (Å²) in [6.07, 6.45) is 4.76. The van der Waals surface area contributed by atoms with Crippen molar-refractivity contribution in [2.45, 2.75) is 29.8 Å². The van der Waals surface area contributed by atoms with E-state index in [0.29, 0.717) is 0 Å². The van der Waals surface area contributed by atoms with Gasteiger partial charge in [-0.25, -0.2) is 0 Å². The van der Waals surface area contributed by atoms with Crippen molar-refractivity contribution < 1.29 is 5.11 Å². The Morgan fingerprint density at radius 3 is 2.71 bits per heavy atom. The van der Waals surface area contributed by atoms with Gasteiger partial charge in [0.1, 0.15) is 0 Å². The number of halogens is 1. The fourth-order valence-electron chi connectivity index (χ4n) is 1.54. The van der Waals surface area contributed by atoms with Crippen molar-refractivity contribution in [3.63, 3.8) is 0 Å². The molecule has 1 fully saturated rings. The molecule has 76 valence electrons. The van der Waals surface area contributed by atoms with Crippen LogP contribution in [0.2, 0.25) is 0 Å². The Balaban J connectivity index is 2.20. The Labute approximate surface area is 97.0 Å². The van der Waals surface area contributed by atoms with Gasteiger partial charge >= 0.3 is 0 Å². The molecule has 0 atom stereocenters. The Hall–Kier alpha value is 0.01000. The van der Waals surface area contributed by atoms with Crippen LogP contribution >= 0.6 is 27.7 Å². The number of aliphatic hydroxyl groups is 1. The molecule has 1 nitrogen and oxygen atoms in total. The number of hydrogen-bond acceptors (Lipinski definition) is 2. The predicted octanol–water partition coefficient (Wildman–Crippen LogP) is 3.24. The van der Waals surface area contributed by atoms with Crippen molar-refractivity contribution in [2.75, 3.05) is 6.26 Å². The minimum Gasteiger partial charge on any atom is -0.390 e. The summed E-state index contributed by atoms with van der Waals surface area (Å²) in [7, 11) is 0. The number of thioether (sulfide) groups is 1. The van der Waals surface area contributed by atoms with Crippen LogP contribution in [0.5, 0.6) is 0 Å². The molecule has 1 aliphatic carbocycles. The first-order valence-electron chi connectivity index (χ1n) is 4.67. The summed E-state index contributed by atoms with van der Waals surface area (Å²) in [6, 6.07) is 6.35. The SMILES string of the molecule is CSc1cc(Br)cc(CC2(O)CC2)c1. The summed E-state index contributed by atoms with van der Waals surface area (Å²) in [6.45, 7) is 0. The second kappa shape index (κ2) is 3.87. The average Bonchev–Trinajstić information content (AvgIpc) is 2.82. The molecule has 14 heavy (non-hydrogen) atoms. The summed E-state index contributed by atoms with van der Waals surface area (Å²) in [5.74, 6) is 0. The van der Waals surface area contributed by atoms with Crippen LogP contribution < -0.4 is 0 Å². The maximum absolute atomic E-state index is 9.81. The van der Waals surface area contributed by atoms with Gasteiger partial charge in [0, 0.05) is 15.8 Å². The van der Waals surface area contributed by atoms with Crippen molar-refractivity contribution in [2.24, 2.45) is 0 Å². The first-order valence-corrected chi connectivity index (χ1v) is 6.69. The van der Waals surface area contributed by atoms with E-state index < -0.39 is 5.60 Å². The van der Waals surface area contributed by atoms with Crippen molar-refractivity contribution in [3.8, 4) is 0 Å². The van der Waals surface area contributed by atoms with Gasteiger partial charge in [-0.05, 0) is 42.9 Å². The van der Waals surface area contributed by atoms with Crippen LogP contribution in [-0.2, 0) is 6.42 Å². The third-order valence-electron chi connectivity index (χ3n) is 2.53. The maximum Gasteiger partial charge on any atom is 0.0690 e. The van der Waals surface area contributed by atoms with E-state index in [1.54, 1.807) is 11.8 Å². The molecular weight excluding hydrogens is 260 g/mol. The molecule has 1 aromatic carbocycles. The molecule has 1 saturated carbocycles. The van der Waals surface area contributed by atoms with Gasteiger partial charge in [-0.15, -0.1) is 11.8 Å². The van der Waals surface area contributed by atoms with E-state index in [9.17, 15) is 5.11 Å². The molecule has 2 rings (SSSR count). The monoisotopic (exact) mass is 272 g/mol. The van der Waals surface area contributed by atoms with E-state index in [0.717, 1.165) is 23.7 Å². The fraction of sp³-hybridized carbons (Fsp3) is 0.455. The molecule has 0 radical (unpaired) electrons. The van der Waals surface area contributed by atoms with Crippen LogP contribution in [-0.4, -0.2) is 17.0 Å². The lowest BCUT2D eigenvalue weighted by Crippen LogP contribution is -2.10. The predicted molar refractivity (Wildman–Crippen MR) is 63.8 cm³/mol. The summed E-state index contributed by atoms with van der Waals surface area (Å²) in [5.41, 5.74) is 0.833. The highest BCUT2D eigenvalue weighted by molar-refractivity contribution is 9.10. The number of rotatable bonds is 3. The van der Waals surface area contributed by atoms with E-state index in [2.05, 4.69) is 40.4 Å². The van der Waals surface area contributed by atoms with Gasteiger partial charge in [0.2, 0.25) is 0 Å². The van der Waals surface area contributed by atoms with Gasteiger partial charge in [0.05, 0.1) is 5.60 Å². The lowest BCUT2D eigenvalue weighted by atomic mass is 10.1. The smallest absolute Gasteiger partial charge is 0.0690 e. The minimum atomic E-state index is -0.392. The normalized spacial score (nSPS) is 18.2. The molecule has 0 unspecified atom stereocenters. The summed E-state index contributed by atoms with van der Waals surface area (Å²) in [5, 5.41) is 9.81. The van der Waals surface area contributed by atoms with Gasteiger partial charge < -0.3 is 5.11 Å². The van der Waals surface area contributed by atoms with E-state index in [4.69, 9.17) is 0 Å². The molecular formula is C11H13BrOS. The molecule has 0 amide bonds. The average molecular weight is 273 g/mol. The highest BCUT2D eigenvalue weighted by Gasteiger charge is 2.40. The quantitative estimate of drug-likeness (QED) is 0.853. The third-order valence-corrected chi connectivity index (χ3v) is 3.69. The second-order valence-corrected chi connectivity index (χ2v) is 5.70. The first kappa shape index (κ1) is 10.5. The lowest BCUT2D eigenvalue weighted by Gasteiger charge is -2.09. The third kappa shape index (κ3) is 2.53. The van der Waals surface area contributed by atoms with Crippen LogP contribution in [0, 0.1) is 0 Å². The van der Waals surface area contributed by atoms with Gasteiger partial charge in [-0.2, -0.15) is 0 Å². The summed E-state index contributed by atoms with van der Waals surface area (Å²) >= 11 is 5.22. The Morgan fingerprint density at radius 2 is 2.14 bits per heavy atom.